The van der Waals surface area contributed by atoms with Crippen molar-refractivity contribution in [2.75, 3.05) is 5.75 Å². The molecule has 0 aliphatic heterocycles. The number of hydrogen-bond acceptors (Lipinski definition) is 4. The van der Waals surface area contributed by atoms with Crippen LogP contribution in [0.3, 0.4) is 0 Å². The highest BCUT2D eigenvalue weighted by Gasteiger charge is 2.10. The number of thioether (sulfide) groups is 1. The van der Waals surface area contributed by atoms with Crippen LogP contribution in [0.25, 0.3) is 0 Å². The maximum atomic E-state index is 10.4. The average molecular weight is 227 g/mol. The van der Waals surface area contributed by atoms with Crippen molar-refractivity contribution in [1.82, 2.24) is 0 Å². The summed E-state index contributed by atoms with van der Waals surface area (Å²) in [6.07, 6.45) is 0. The van der Waals surface area contributed by atoms with E-state index in [1.54, 1.807) is 24.3 Å². The number of aromatic hydroxyl groups is 1. The first-order valence-electron chi connectivity index (χ1n) is 4.43. The lowest BCUT2D eigenvalue weighted by molar-refractivity contribution is -0.137. The molecule has 0 saturated heterocycles. The standard InChI is InChI=1S/C10H13NO3S/c11-9(10(13)14)6-15-5-7-1-3-8(12)4-2-7/h1-4,9,12H,5-6,11H2,(H,13,14)/t9-/m1/s1. The molecule has 0 radical (unpaired) electrons. The van der Waals surface area contributed by atoms with E-state index in [1.807, 2.05) is 0 Å². The number of carboxylic acids is 1. The summed E-state index contributed by atoms with van der Waals surface area (Å²) in [6.45, 7) is 0. The molecule has 0 fully saturated rings. The summed E-state index contributed by atoms with van der Waals surface area (Å²) in [5.74, 6) is 0.330. The molecule has 15 heavy (non-hydrogen) atoms. The van der Waals surface area contributed by atoms with Gasteiger partial charge in [-0.1, -0.05) is 12.1 Å². The van der Waals surface area contributed by atoms with Crippen molar-refractivity contribution >= 4 is 17.7 Å². The number of carbonyl (C=O) groups is 1. The van der Waals surface area contributed by atoms with Gasteiger partial charge in [0.05, 0.1) is 0 Å². The maximum absolute atomic E-state index is 10.4. The number of rotatable bonds is 5. The van der Waals surface area contributed by atoms with Gasteiger partial charge in [0.25, 0.3) is 0 Å². The van der Waals surface area contributed by atoms with Crippen molar-refractivity contribution in [3.63, 3.8) is 0 Å². The Kier molecular flexibility index (Phi) is 4.45. The van der Waals surface area contributed by atoms with Crippen LogP contribution in [0.2, 0.25) is 0 Å². The minimum absolute atomic E-state index is 0.228. The zero-order valence-electron chi connectivity index (χ0n) is 8.09. The van der Waals surface area contributed by atoms with E-state index in [0.29, 0.717) is 11.5 Å². The molecule has 82 valence electrons. The van der Waals surface area contributed by atoms with Crippen LogP contribution in [0.5, 0.6) is 5.75 Å². The van der Waals surface area contributed by atoms with Gasteiger partial charge >= 0.3 is 5.97 Å². The van der Waals surface area contributed by atoms with E-state index in [-0.39, 0.29) is 5.75 Å². The fourth-order valence-corrected chi connectivity index (χ4v) is 1.91. The minimum Gasteiger partial charge on any atom is -0.508 e. The second-order valence-electron chi connectivity index (χ2n) is 3.13. The van der Waals surface area contributed by atoms with Gasteiger partial charge in [-0.05, 0) is 17.7 Å². The molecule has 0 bridgehead atoms. The summed E-state index contributed by atoms with van der Waals surface area (Å²) >= 11 is 1.46. The number of aliphatic carboxylic acids is 1. The highest BCUT2D eigenvalue weighted by Crippen LogP contribution is 2.15. The number of benzene rings is 1. The fraction of sp³-hybridized carbons (Fsp3) is 0.300. The molecule has 0 heterocycles. The fourth-order valence-electron chi connectivity index (χ4n) is 0.967. The van der Waals surface area contributed by atoms with Gasteiger partial charge in [0.15, 0.2) is 0 Å². The Morgan fingerprint density at radius 2 is 2.00 bits per heavy atom. The Balaban J connectivity index is 2.32. The number of hydrogen-bond donors (Lipinski definition) is 3. The molecule has 0 spiro atoms. The average Bonchev–Trinajstić information content (AvgIpc) is 2.20. The Labute approximate surface area is 92.1 Å². The Bertz CT molecular complexity index is 326. The predicted molar refractivity (Wildman–Crippen MR) is 59.9 cm³/mol. The normalized spacial score (nSPS) is 12.3. The maximum Gasteiger partial charge on any atom is 0.321 e. The lowest BCUT2D eigenvalue weighted by Gasteiger charge is -2.05. The van der Waals surface area contributed by atoms with Crippen molar-refractivity contribution in [2.45, 2.75) is 11.8 Å². The molecule has 1 aromatic rings. The molecular weight excluding hydrogens is 214 g/mol. The van der Waals surface area contributed by atoms with Crippen molar-refractivity contribution in [3.8, 4) is 5.75 Å². The molecule has 4 N–H and O–H groups in total. The van der Waals surface area contributed by atoms with E-state index < -0.39 is 12.0 Å². The van der Waals surface area contributed by atoms with Crippen LogP contribution in [0.4, 0.5) is 0 Å². The summed E-state index contributed by atoms with van der Waals surface area (Å²) in [7, 11) is 0. The molecule has 0 saturated carbocycles. The smallest absolute Gasteiger partial charge is 0.321 e. The Morgan fingerprint density at radius 3 is 2.53 bits per heavy atom. The third-order valence-corrected chi connectivity index (χ3v) is 2.95. The zero-order valence-corrected chi connectivity index (χ0v) is 8.91. The van der Waals surface area contributed by atoms with Crippen LogP contribution in [0.1, 0.15) is 5.56 Å². The third-order valence-electron chi connectivity index (χ3n) is 1.82. The number of nitrogens with two attached hydrogens (primary N) is 1. The van der Waals surface area contributed by atoms with Gasteiger partial charge in [0.1, 0.15) is 11.8 Å². The van der Waals surface area contributed by atoms with Crippen LogP contribution in [-0.4, -0.2) is 28.0 Å². The molecule has 1 aromatic carbocycles. The van der Waals surface area contributed by atoms with Gasteiger partial charge in [0.2, 0.25) is 0 Å². The molecule has 0 aliphatic carbocycles. The lowest BCUT2D eigenvalue weighted by Crippen LogP contribution is -2.32. The van der Waals surface area contributed by atoms with Crippen molar-refractivity contribution < 1.29 is 15.0 Å². The zero-order chi connectivity index (χ0) is 11.3. The van der Waals surface area contributed by atoms with E-state index in [4.69, 9.17) is 15.9 Å². The SMILES string of the molecule is N[C@H](CSCc1ccc(O)cc1)C(=O)O. The van der Waals surface area contributed by atoms with Crippen molar-refractivity contribution in [3.05, 3.63) is 29.8 Å². The van der Waals surface area contributed by atoms with Crippen LogP contribution in [0, 0.1) is 0 Å². The van der Waals surface area contributed by atoms with E-state index in [0.717, 1.165) is 5.56 Å². The largest absolute Gasteiger partial charge is 0.508 e. The Morgan fingerprint density at radius 1 is 1.40 bits per heavy atom. The number of phenols is 1. The topological polar surface area (TPSA) is 83.5 Å². The summed E-state index contributed by atoms with van der Waals surface area (Å²) in [5.41, 5.74) is 6.38. The molecule has 1 atom stereocenters. The van der Waals surface area contributed by atoms with Gasteiger partial charge in [0, 0.05) is 11.5 Å². The van der Waals surface area contributed by atoms with Gasteiger partial charge in [-0.3, -0.25) is 4.79 Å². The minimum atomic E-state index is -0.979. The van der Waals surface area contributed by atoms with Crippen molar-refractivity contribution in [2.24, 2.45) is 5.73 Å². The molecule has 0 amide bonds. The van der Waals surface area contributed by atoms with E-state index >= 15 is 0 Å². The van der Waals surface area contributed by atoms with Crippen LogP contribution >= 0.6 is 11.8 Å². The summed E-state index contributed by atoms with van der Waals surface area (Å²) in [4.78, 5) is 10.4. The highest BCUT2D eigenvalue weighted by molar-refractivity contribution is 7.98. The third kappa shape index (κ3) is 4.22. The molecule has 5 heteroatoms. The van der Waals surface area contributed by atoms with E-state index in [1.165, 1.54) is 11.8 Å². The van der Waals surface area contributed by atoms with Crippen LogP contribution < -0.4 is 5.73 Å². The van der Waals surface area contributed by atoms with Crippen LogP contribution in [0.15, 0.2) is 24.3 Å². The molecule has 0 unspecified atom stereocenters. The first-order valence-corrected chi connectivity index (χ1v) is 5.59. The van der Waals surface area contributed by atoms with Gasteiger partial charge in [-0.25, -0.2) is 0 Å². The molecule has 0 aromatic heterocycles. The monoisotopic (exact) mass is 227 g/mol. The number of phenolic OH excluding ortho intramolecular Hbond substituents is 1. The molecule has 0 aliphatic rings. The second kappa shape index (κ2) is 5.63. The van der Waals surface area contributed by atoms with E-state index in [9.17, 15) is 4.79 Å². The molecular formula is C10H13NO3S. The summed E-state index contributed by atoms with van der Waals surface area (Å²) in [5, 5.41) is 17.6. The van der Waals surface area contributed by atoms with Crippen molar-refractivity contribution in [1.29, 1.82) is 0 Å². The van der Waals surface area contributed by atoms with Gasteiger partial charge < -0.3 is 15.9 Å². The van der Waals surface area contributed by atoms with E-state index in [2.05, 4.69) is 0 Å². The quantitative estimate of drug-likeness (QED) is 0.700. The Hall–Kier alpha value is -1.20. The first kappa shape index (κ1) is 11.9. The first-order chi connectivity index (χ1) is 7.09. The highest BCUT2D eigenvalue weighted by atomic mass is 32.2. The summed E-state index contributed by atoms with van der Waals surface area (Å²) in [6, 6.07) is 6.00. The lowest BCUT2D eigenvalue weighted by atomic mass is 10.2. The number of carboxylic acid groups (broad SMARTS) is 1. The summed E-state index contributed by atoms with van der Waals surface area (Å²) < 4.78 is 0. The predicted octanol–water partition coefficient (Wildman–Crippen LogP) is 1.04. The second-order valence-corrected chi connectivity index (χ2v) is 4.16. The molecule has 1 rings (SSSR count). The molecule has 4 nitrogen and oxygen atoms in total. The van der Waals surface area contributed by atoms with Gasteiger partial charge in [-0.2, -0.15) is 11.8 Å². The van der Waals surface area contributed by atoms with Gasteiger partial charge in [-0.15, -0.1) is 0 Å². The van der Waals surface area contributed by atoms with Crippen LogP contribution in [-0.2, 0) is 10.5 Å².